The molecule has 2 aliphatic rings. The summed E-state index contributed by atoms with van der Waals surface area (Å²) in [6, 6.07) is 6.92. The molecule has 2 N–H and O–H groups in total. The Hall–Kier alpha value is -1.75. The Labute approximate surface area is 184 Å². The van der Waals surface area contributed by atoms with Gasteiger partial charge in [-0.05, 0) is 66.2 Å². The van der Waals surface area contributed by atoms with Crippen LogP contribution in [-0.2, 0) is 14.1 Å². The lowest BCUT2D eigenvalue weighted by Gasteiger charge is -2.52. The van der Waals surface area contributed by atoms with Gasteiger partial charge in [0.05, 0.1) is 28.9 Å². The molecule has 1 fully saturated rings. The topological polar surface area (TPSA) is 112 Å². The SMILES string of the molecule is CC1(C)Oc2ccc(C#N)cc2C(N2CCCC2=O)C1OC(C)(C)C(C)(C)OP(O)O. The average Bonchev–Trinajstić information content (AvgIpc) is 3.06. The van der Waals surface area contributed by atoms with Gasteiger partial charge < -0.3 is 28.7 Å². The third-order valence-corrected chi connectivity index (χ3v) is 7.05. The zero-order valence-corrected chi connectivity index (χ0v) is 19.8. The highest BCUT2D eigenvalue weighted by Gasteiger charge is 2.53. The molecule has 0 aromatic heterocycles. The predicted molar refractivity (Wildman–Crippen MR) is 115 cm³/mol. The van der Waals surface area contributed by atoms with E-state index >= 15 is 0 Å². The monoisotopic (exact) mass is 450 g/mol. The normalized spacial score (nSPS) is 23.5. The highest BCUT2D eigenvalue weighted by molar-refractivity contribution is 7.39. The highest BCUT2D eigenvalue weighted by Crippen LogP contribution is 2.49. The Bertz CT molecular complexity index is 892. The van der Waals surface area contributed by atoms with Gasteiger partial charge in [-0.1, -0.05) is 0 Å². The van der Waals surface area contributed by atoms with E-state index in [1.54, 1.807) is 32.0 Å². The molecule has 0 aliphatic carbocycles. The first-order valence-corrected chi connectivity index (χ1v) is 11.5. The fourth-order valence-corrected chi connectivity index (χ4v) is 4.73. The molecule has 2 unspecified atom stereocenters. The average molecular weight is 450 g/mol. The van der Waals surface area contributed by atoms with Crippen LogP contribution in [0.2, 0.25) is 0 Å². The molecule has 1 aromatic carbocycles. The summed E-state index contributed by atoms with van der Waals surface area (Å²) in [5, 5.41) is 9.42. The van der Waals surface area contributed by atoms with Crippen LogP contribution in [0.25, 0.3) is 0 Å². The lowest BCUT2D eigenvalue weighted by molar-refractivity contribution is -0.223. The van der Waals surface area contributed by atoms with E-state index in [0.717, 1.165) is 12.0 Å². The van der Waals surface area contributed by atoms with Crippen molar-refractivity contribution in [2.75, 3.05) is 6.54 Å². The Kier molecular flexibility index (Phi) is 6.41. The summed E-state index contributed by atoms with van der Waals surface area (Å²) in [5.41, 5.74) is -1.63. The van der Waals surface area contributed by atoms with Gasteiger partial charge in [0, 0.05) is 18.5 Å². The fraction of sp³-hybridized carbons (Fsp3) is 0.636. The minimum Gasteiger partial charge on any atom is -0.485 e. The smallest absolute Gasteiger partial charge is 0.327 e. The summed E-state index contributed by atoms with van der Waals surface area (Å²) >= 11 is 0. The minimum absolute atomic E-state index is 0.0344. The molecule has 2 aliphatic heterocycles. The van der Waals surface area contributed by atoms with Crippen LogP contribution < -0.4 is 4.74 Å². The molecule has 2 heterocycles. The lowest BCUT2D eigenvalue weighted by Crippen LogP contribution is -2.60. The number of fused-ring (bicyclic) bond motifs is 1. The van der Waals surface area contributed by atoms with E-state index in [9.17, 15) is 19.8 Å². The standard InChI is InChI=1S/C22H31N2O6P/c1-20(2)19(29-21(3,4)22(5,6)30-31(26)27)18(24-11-7-8-17(24)25)15-12-14(13-23)9-10-16(15)28-20/h9-10,12,18-19,26-27H,7-8,11H2,1-6H3. The van der Waals surface area contributed by atoms with Crippen molar-refractivity contribution in [3.05, 3.63) is 29.3 Å². The van der Waals surface area contributed by atoms with Crippen molar-refractivity contribution in [1.29, 1.82) is 5.26 Å². The van der Waals surface area contributed by atoms with Gasteiger partial charge >= 0.3 is 8.60 Å². The Morgan fingerprint density at radius 1 is 1.26 bits per heavy atom. The second-order valence-corrected chi connectivity index (χ2v) is 10.3. The van der Waals surface area contributed by atoms with Crippen molar-refractivity contribution in [2.24, 2.45) is 0 Å². The molecule has 9 heteroatoms. The number of rotatable bonds is 6. The number of carbonyl (C=O) groups is 1. The third-order valence-electron chi connectivity index (χ3n) is 6.43. The van der Waals surface area contributed by atoms with Gasteiger partial charge in [-0.3, -0.25) is 4.79 Å². The first-order valence-electron chi connectivity index (χ1n) is 10.4. The van der Waals surface area contributed by atoms with Gasteiger partial charge in [0.1, 0.15) is 17.5 Å². The minimum atomic E-state index is -2.59. The number of carbonyl (C=O) groups excluding carboxylic acids is 1. The largest absolute Gasteiger partial charge is 0.485 e. The predicted octanol–water partition coefficient (Wildman–Crippen LogP) is 3.56. The Balaban J connectivity index is 2.09. The van der Waals surface area contributed by atoms with Crippen molar-refractivity contribution in [3.8, 4) is 11.8 Å². The molecule has 170 valence electrons. The first kappa shape index (κ1) is 23.9. The van der Waals surface area contributed by atoms with E-state index in [1.807, 2.05) is 32.6 Å². The number of ether oxygens (including phenoxy) is 2. The lowest BCUT2D eigenvalue weighted by atomic mass is 9.82. The van der Waals surface area contributed by atoms with E-state index in [1.165, 1.54) is 0 Å². The number of likely N-dealkylation sites (tertiary alicyclic amines) is 1. The van der Waals surface area contributed by atoms with E-state index in [2.05, 4.69) is 6.07 Å². The summed E-state index contributed by atoms with van der Waals surface area (Å²) in [6.45, 7) is 11.5. The summed E-state index contributed by atoms with van der Waals surface area (Å²) < 4.78 is 18.3. The number of hydrogen-bond acceptors (Lipinski definition) is 7. The van der Waals surface area contributed by atoms with Gasteiger partial charge in [-0.2, -0.15) is 5.26 Å². The van der Waals surface area contributed by atoms with Crippen LogP contribution in [-0.4, -0.2) is 50.0 Å². The molecule has 2 atom stereocenters. The number of nitriles is 1. The Morgan fingerprint density at radius 3 is 2.48 bits per heavy atom. The van der Waals surface area contributed by atoms with Gasteiger partial charge in [0.2, 0.25) is 5.91 Å². The zero-order valence-electron chi connectivity index (χ0n) is 18.9. The highest BCUT2D eigenvalue weighted by atomic mass is 31.2. The maximum absolute atomic E-state index is 12.8. The quantitative estimate of drug-likeness (QED) is 0.637. The second-order valence-electron chi connectivity index (χ2n) is 9.61. The molecule has 0 saturated carbocycles. The van der Waals surface area contributed by atoms with Crippen LogP contribution in [0, 0.1) is 11.3 Å². The number of amides is 1. The molecule has 1 amide bonds. The molecule has 0 bridgehead atoms. The number of hydrogen-bond donors (Lipinski definition) is 2. The third kappa shape index (κ3) is 4.57. The molecule has 0 spiro atoms. The zero-order chi connectivity index (χ0) is 23.2. The van der Waals surface area contributed by atoms with Crippen LogP contribution in [0.15, 0.2) is 18.2 Å². The van der Waals surface area contributed by atoms with Gasteiger partial charge in [0.15, 0.2) is 0 Å². The molecule has 8 nitrogen and oxygen atoms in total. The molecule has 1 aromatic rings. The van der Waals surface area contributed by atoms with E-state index in [4.69, 9.17) is 14.0 Å². The van der Waals surface area contributed by atoms with E-state index in [-0.39, 0.29) is 5.91 Å². The van der Waals surface area contributed by atoms with Crippen LogP contribution in [0.1, 0.15) is 71.6 Å². The Morgan fingerprint density at radius 2 is 1.94 bits per heavy atom. The molecular formula is C22H31N2O6P. The molecule has 31 heavy (non-hydrogen) atoms. The summed E-state index contributed by atoms with van der Waals surface area (Å²) in [7, 11) is -2.59. The van der Waals surface area contributed by atoms with Crippen molar-refractivity contribution in [1.82, 2.24) is 4.90 Å². The number of nitrogens with zero attached hydrogens (tertiary/aromatic N) is 2. The van der Waals surface area contributed by atoms with Crippen molar-refractivity contribution < 1.29 is 28.6 Å². The van der Waals surface area contributed by atoms with Crippen LogP contribution in [0.3, 0.4) is 0 Å². The summed E-state index contributed by atoms with van der Waals surface area (Å²) in [6.07, 6.45) is 0.626. The van der Waals surface area contributed by atoms with Crippen LogP contribution >= 0.6 is 8.60 Å². The van der Waals surface area contributed by atoms with Gasteiger partial charge in [0.25, 0.3) is 0 Å². The van der Waals surface area contributed by atoms with E-state index < -0.39 is 37.6 Å². The molecule has 0 radical (unpaired) electrons. The summed E-state index contributed by atoms with van der Waals surface area (Å²) in [5.74, 6) is 0.656. The van der Waals surface area contributed by atoms with Crippen molar-refractivity contribution in [2.45, 2.75) is 83.3 Å². The van der Waals surface area contributed by atoms with Crippen LogP contribution in [0.5, 0.6) is 5.75 Å². The maximum atomic E-state index is 12.8. The first-order chi connectivity index (χ1) is 14.3. The second kappa shape index (κ2) is 8.31. The molecular weight excluding hydrogens is 419 g/mol. The van der Waals surface area contributed by atoms with Crippen molar-refractivity contribution in [3.63, 3.8) is 0 Å². The summed E-state index contributed by atoms with van der Waals surface area (Å²) in [4.78, 5) is 33.5. The van der Waals surface area contributed by atoms with Gasteiger partial charge in [-0.15, -0.1) is 0 Å². The van der Waals surface area contributed by atoms with Crippen molar-refractivity contribution >= 4 is 14.5 Å². The molecule has 3 rings (SSSR count). The maximum Gasteiger partial charge on any atom is 0.327 e. The van der Waals surface area contributed by atoms with Crippen LogP contribution in [0.4, 0.5) is 0 Å². The number of benzene rings is 1. The molecule has 1 saturated heterocycles. The fourth-order valence-electron chi connectivity index (χ4n) is 4.10. The van der Waals surface area contributed by atoms with E-state index in [0.29, 0.717) is 24.3 Å². The van der Waals surface area contributed by atoms with Gasteiger partial charge in [-0.25, -0.2) is 0 Å².